The molecule has 6 nitrogen and oxygen atoms in total. The highest BCUT2D eigenvalue weighted by molar-refractivity contribution is 5.93. The molecular formula is C21H24ClN5O. The van der Waals surface area contributed by atoms with Gasteiger partial charge in [0.1, 0.15) is 0 Å². The van der Waals surface area contributed by atoms with E-state index in [1.807, 2.05) is 37.3 Å². The van der Waals surface area contributed by atoms with Crippen molar-refractivity contribution in [2.75, 3.05) is 13.1 Å². The Kier molecular flexibility index (Phi) is 6.44. The molecule has 1 unspecified atom stereocenters. The van der Waals surface area contributed by atoms with E-state index in [1.165, 1.54) is 5.56 Å². The number of benzene rings is 2. The third-order valence-electron chi connectivity index (χ3n) is 5.00. The first-order chi connectivity index (χ1) is 13.2. The molecule has 2 N–H and O–H groups in total. The molecule has 0 bridgehead atoms. The summed E-state index contributed by atoms with van der Waals surface area (Å²) in [7, 11) is 0. The maximum absolute atomic E-state index is 12.5. The van der Waals surface area contributed by atoms with Gasteiger partial charge in [-0.05, 0) is 49.6 Å². The molecule has 1 amide bonds. The molecule has 3 aromatic rings. The molecule has 146 valence electrons. The fourth-order valence-electron chi connectivity index (χ4n) is 3.44. The summed E-state index contributed by atoms with van der Waals surface area (Å²) in [6, 6.07) is 18.7. The number of aromatic nitrogens is 3. The minimum absolute atomic E-state index is 0. The van der Waals surface area contributed by atoms with Gasteiger partial charge in [-0.25, -0.2) is 4.68 Å². The number of hydrogen-bond acceptors (Lipinski definition) is 4. The monoisotopic (exact) mass is 397 g/mol. The summed E-state index contributed by atoms with van der Waals surface area (Å²) in [6.07, 6.45) is 2.26. The summed E-state index contributed by atoms with van der Waals surface area (Å²) >= 11 is 0. The third-order valence-corrected chi connectivity index (χ3v) is 5.00. The zero-order chi connectivity index (χ0) is 18.6. The molecule has 2 heterocycles. The van der Waals surface area contributed by atoms with Gasteiger partial charge in [-0.2, -0.15) is 0 Å². The molecule has 1 aromatic heterocycles. The summed E-state index contributed by atoms with van der Waals surface area (Å²) < 4.78 is 1.71. The Morgan fingerprint density at radius 1 is 1.14 bits per heavy atom. The van der Waals surface area contributed by atoms with Gasteiger partial charge in [-0.1, -0.05) is 47.7 Å². The maximum atomic E-state index is 12.5. The summed E-state index contributed by atoms with van der Waals surface area (Å²) in [5.41, 5.74) is 4.30. The van der Waals surface area contributed by atoms with Gasteiger partial charge in [-0.15, -0.1) is 17.5 Å². The van der Waals surface area contributed by atoms with E-state index in [2.05, 4.69) is 45.2 Å². The molecule has 1 atom stereocenters. The van der Waals surface area contributed by atoms with E-state index in [0.29, 0.717) is 18.3 Å². The lowest BCUT2D eigenvalue weighted by molar-refractivity contribution is 0.0944. The van der Waals surface area contributed by atoms with Gasteiger partial charge < -0.3 is 10.6 Å². The van der Waals surface area contributed by atoms with Crippen LogP contribution in [0, 0.1) is 6.92 Å². The molecule has 0 radical (unpaired) electrons. The summed E-state index contributed by atoms with van der Waals surface area (Å²) in [5, 5.41) is 14.6. The molecule has 0 aliphatic carbocycles. The third kappa shape index (κ3) is 4.24. The predicted molar refractivity (Wildman–Crippen MR) is 112 cm³/mol. The number of amides is 1. The SMILES string of the molecule is Cc1c(C(=O)NCC2CCCN2)nnn1-c1ccc(-c2ccccc2)cc1.Cl. The molecule has 1 aliphatic heterocycles. The second-order valence-corrected chi connectivity index (χ2v) is 6.85. The van der Waals surface area contributed by atoms with Crippen LogP contribution in [0.15, 0.2) is 54.6 Å². The summed E-state index contributed by atoms with van der Waals surface area (Å²) in [6.45, 7) is 3.51. The number of nitrogens with zero attached hydrogens (tertiary/aromatic N) is 3. The highest BCUT2D eigenvalue weighted by Gasteiger charge is 2.20. The lowest BCUT2D eigenvalue weighted by Crippen LogP contribution is -2.37. The van der Waals surface area contributed by atoms with Gasteiger partial charge in [0.05, 0.1) is 11.4 Å². The van der Waals surface area contributed by atoms with Crippen molar-refractivity contribution >= 4 is 18.3 Å². The van der Waals surface area contributed by atoms with Crippen molar-refractivity contribution in [3.8, 4) is 16.8 Å². The zero-order valence-electron chi connectivity index (χ0n) is 15.8. The largest absolute Gasteiger partial charge is 0.349 e. The minimum atomic E-state index is -0.173. The molecule has 1 saturated heterocycles. The Balaban J connectivity index is 0.00000225. The van der Waals surface area contributed by atoms with E-state index in [-0.39, 0.29) is 18.3 Å². The van der Waals surface area contributed by atoms with Gasteiger partial charge in [0.15, 0.2) is 5.69 Å². The number of rotatable bonds is 5. The highest BCUT2D eigenvalue weighted by atomic mass is 35.5. The smallest absolute Gasteiger partial charge is 0.273 e. The summed E-state index contributed by atoms with van der Waals surface area (Å²) in [5.74, 6) is -0.173. The molecule has 1 aliphatic rings. The standard InChI is InChI=1S/C21H23N5O.ClH/c1-15-20(21(27)23-14-18-8-5-13-22-18)24-25-26(15)19-11-9-17(10-12-19)16-6-3-2-4-7-16;/h2-4,6-7,9-12,18,22H,5,8,13-14H2,1H3,(H,23,27);1H. The van der Waals surface area contributed by atoms with Crippen LogP contribution in [-0.4, -0.2) is 40.0 Å². The Hall–Kier alpha value is -2.70. The topological polar surface area (TPSA) is 71.8 Å². The van der Waals surface area contributed by atoms with E-state index in [1.54, 1.807) is 4.68 Å². The van der Waals surface area contributed by atoms with Crippen LogP contribution in [0.2, 0.25) is 0 Å². The van der Waals surface area contributed by atoms with E-state index in [0.717, 1.165) is 36.3 Å². The van der Waals surface area contributed by atoms with E-state index >= 15 is 0 Å². The van der Waals surface area contributed by atoms with Crippen LogP contribution < -0.4 is 10.6 Å². The minimum Gasteiger partial charge on any atom is -0.349 e. The van der Waals surface area contributed by atoms with Crippen molar-refractivity contribution in [3.05, 3.63) is 66.0 Å². The van der Waals surface area contributed by atoms with Crippen LogP contribution in [-0.2, 0) is 0 Å². The van der Waals surface area contributed by atoms with Crippen molar-refractivity contribution < 1.29 is 4.79 Å². The quantitative estimate of drug-likeness (QED) is 0.693. The highest BCUT2D eigenvalue weighted by Crippen LogP contribution is 2.21. The molecule has 4 rings (SSSR count). The predicted octanol–water partition coefficient (Wildman–Crippen LogP) is 3.15. The Morgan fingerprint density at radius 2 is 1.86 bits per heavy atom. The molecule has 28 heavy (non-hydrogen) atoms. The first-order valence-electron chi connectivity index (χ1n) is 9.32. The van der Waals surface area contributed by atoms with E-state index in [9.17, 15) is 4.79 Å². The van der Waals surface area contributed by atoms with Gasteiger partial charge in [0.25, 0.3) is 5.91 Å². The second kappa shape index (κ2) is 8.99. The van der Waals surface area contributed by atoms with Crippen LogP contribution in [0.5, 0.6) is 0 Å². The van der Waals surface area contributed by atoms with Crippen molar-refractivity contribution in [1.29, 1.82) is 0 Å². The lowest BCUT2D eigenvalue weighted by atomic mass is 10.1. The molecule has 7 heteroatoms. The zero-order valence-corrected chi connectivity index (χ0v) is 16.6. The molecule has 1 fully saturated rings. The average molecular weight is 398 g/mol. The first kappa shape index (κ1) is 20.0. The number of hydrogen-bond donors (Lipinski definition) is 2. The Morgan fingerprint density at radius 3 is 2.54 bits per heavy atom. The fraction of sp³-hybridized carbons (Fsp3) is 0.286. The van der Waals surface area contributed by atoms with Gasteiger partial charge >= 0.3 is 0 Å². The molecule has 2 aromatic carbocycles. The normalized spacial score (nSPS) is 15.8. The van der Waals surface area contributed by atoms with E-state index in [4.69, 9.17) is 0 Å². The first-order valence-corrected chi connectivity index (χ1v) is 9.32. The Bertz CT molecular complexity index is 918. The van der Waals surface area contributed by atoms with E-state index < -0.39 is 0 Å². The number of halogens is 1. The van der Waals surface area contributed by atoms with Gasteiger partial charge in [0, 0.05) is 12.6 Å². The fourth-order valence-corrected chi connectivity index (χ4v) is 3.44. The van der Waals surface area contributed by atoms with Crippen molar-refractivity contribution in [1.82, 2.24) is 25.6 Å². The van der Waals surface area contributed by atoms with Gasteiger partial charge in [-0.3, -0.25) is 4.79 Å². The van der Waals surface area contributed by atoms with Crippen LogP contribution in [0.3, 0.4) is 0 Å². The summed E-state index contributed by atoms with van der Waals surface area (Å²) in [4.78, 5) is 12.5. The van der Waals surface area contributed by atoms with Crippen molar-refractivity contribution in [3.63, 3.8) is 0 Å². The van der Waals surface area contributed by atoms with Crippen LogP contribution in [0.4, 0.5) is 0 Å². The van der Waals surface area contributed by atoms with Crippen LogP contribution in [0.1, 0.15) is 29.0 Å². The number of carbonyl (C=O) groups excluding carboxylic acids is 1. The van der Waals surface area contributed by atoms with Crippen LogP contribution >= 0.6 is 12.4 Å². The Labute approximate surface area is 170 Å². The molecule has 0 saturated carbocycles. The maximum Gasteiger partial charge on any atom is 0.273 e. The molecular weight excluding hydrogens is 374 g/mol. The number of carbonyl (C=O) groups is 1. The van der Waals surface area contributed by atoms with Crippen molar-refractivity contribution in [2.45, 2.75) is 25.8 Å². The lowest BCUT2D eigenvalue weighted by Gasteiger charge is -2.10. The molecule has 0 spiro atoms. The van der Waals surface area contributed by atoms with Crippen LogP contribution in [0.25, 0.3) is 16.8 Å². The number of nitrogens with one attached hydrogen (secondary N) is 2. The van der Waals surface area contributed by atoms with Gasteiger partial charge in [0.2, 0.25) is 0 Å². The van der Waals surface area contributed by atoms with Crippen molar-refractivity contribution in [2.24, 2.45) is 0 Å². The average Bonchev–Trinajstić information content (AvgIpc) is 3.37. The second-order valence-electron chi connectivity index (χ2n) is 6.85.